The molecule has 0 unspecified atom stereocenters. The van der Waals surface area contributed by atoms with E-state index in [0.29, 0.717) is 12.0 Å². The molecule has 0 saturated carbocycles. The minimum absolute atomic E-state index is 0.250. The highest BCUT2D eigenvalue weighted by molar-refractivity contribution is 5.86. The Balaban J connectivity index is 0.000000411. The Morgan fingerprint density at radius 2 is 1.77 bits per heavy atom. The van der Waals surface area contributed by atoms with Gasteiger partial charge < -0.3 is 15.1 Å². The highest BCUT2D eigenvalue weighted by Gasteiger charge is 2.36. The summed E-state index contributed by atoms with van der Waals surface area (Å²) in [5, 5.41) is 21.9. The van der Waals surface area contributed by atoms with Gasteiger partial charge in [-0.3, -0.25) is 19.6 Å². The van der Waals surface area contributed by atoms with Crippen LogP contribution < -0.4 is 4.90 Å². The van der Waals surface area contributed by atoms with Gasteiger partial charge in [0, 0.05) is 32.2 Å². The Hall–Kier alpha value is -3.53. The molecule has 0 radical (unpaired) electrons. The third-order valence-corrected chi connectivity index (χ3v) is 5.54. The molecule has 10 nitrogen and oxygen atoms in total. The molecule has 5 heterocycles. The second-order valence-corrected chi connectivity index (χ2v) is 7.47. The molecular weight excluding hydrogens is 400 g/mol. The van der Waals surface area contributed by atoms with Crippen molar-refractivity contribution < 1.29 is 19.8 Å². The predicted octanol–water partition coefficient (Wildman–Crippen LogP) is 1.86. The van der Waals surface area contributed by atoms with Crippen molar-refractivity contribution in [1.82, 2.24) is 25.1 Å². The van der Waals surface area contributed by atoms with Gasteiger partial charge in [-0.2, -0.15) is 5.10 Å². The molecule has 3 aliphatic heterocycles. The van der Waals surface area contributed by atoms with E-state index in [1.165, 1.54) is 24.9 Å². The number of hydrogen-bond donors (Lipinski definition) is 3. The smallest absolute Gasteiger partial charge is 0.290 e. The number of anilines is 1. The number of H-pyrrole nitrogens is 1. The van der Waals surface area contributed by atoms with E-state index >= 15 is 0 Å². The molecule has 31 heavy (non-hydrogen) atoms. The summed E-state index contributed by atoms with van der Waals surface area (Å²) >= 11 is 0. The number of hydrogen-bond acceptors (Lipinski definition) is 7. The number of nitrogens with one attached hydrogen (secondary N) is 1. The molecule has 2 atom stereocenters. The van der Waals surface area contributed by atoms with Gasteiger partial charge in [-0.1, -0.05) is 30.3 Å². The van der Waals surface area contributed by atoms with Crippen LogP contribution in [0.2, 0.25) is 0 Å². The van der Waals surface area contributed by atoms with Crippen molar-refractivity contribution in [1.29, 1.82) is 0 Å². The largest absolute Gasteiger partial charge is 0.483 e. The quantitative estimate of drug-likeness (QED) is 0.536. The van der Waals surface area contributed by atoms with E-state index < -0.39 is 0 Å². The summed E-state index contributed by atoms with van der Waals surface area (Å²) in [6.45, 7) is 3.87. The van der Waals surface area contributed by atoms with Crippen LogP contribution in [0, 0.1) is 5.92 Å². The van der Waals surface area contributed by atoms with E-state index in [-0.39, 0.29) is 12.9 Å². The molecule has 2 bridgehead atoms. The zero-order chi connectivity index (χ0) is 22.1. The molecule has 2 aromatic heterocycles. The summed E-state index contributed by atoms with van der Waals surface area (Å²) in [7, 11) is 0. The second-order valence-electron chi connectivity index (χ2n) is 7.47. The van der Waals surface area contributed by atoms with Crippen molar-refractivity contribution in [2.75, 3.05) is 24.5 Å². The van der Waals surface area contributed by atoms with Gasteiger partial charge in [0.15, 0.2) is 5.65 Å². The van der Waals surface area contributed by atoms with Gasteiger partial charge in [0.05, 0.1) is 11.6 Å². The minimum atomic E-state index is -0.250. The average molecular weight is 426 g/mol. The Morgan fingerprint density at radius 1 is 1.03 bits per heavy atom. The lowest BCUT2D eigenvalue weighted by Crippen LogP contribution is -2.44. The lowest BCUT2D eigenvalue weighted by Gasteiger charge is -2.37. The average Bonchev–Trinajstić information content (AvgIpc) is 3.10. The highest BCUT2D eigenvalue weighted by atomic mass is 16.3. The molecule has 3 aromatic rings. The van der Waals surface area contributed by atoms with Crippen LogP contribution in [-0.4, -0.2) is 73.9 Å². The van der Waals surface area contributed by atoms with Gasteiger partial charge in [-0.05, 0) is 24.3 Å². The summed E-state index contributed by atoms with van der Waals surface area (Å²) < 4.78 is 0. The number of piperidine rings is 1. The number of benzene rings is 1. The predicted molar refractivity (Wildman–Crippen MR) is 115 cm³/mol. The first-order chi connectivity index (χ1) is 15.2. The van der Waals surface area contributed by atoms with Crippen LogP contribution in [-0.2, 0) is 16.1 Å². The van der Waals surface area contributed by atoms with Crippen LogP contribution >= 0.6 is 0 Å². The van der Waals surface area contributed by atoms with Crippen molar-refractivity contribution in [3.8, 4) is 0 Å². The normalized spacial score (nSPS) is 20.1. The van der Waals surface area contributed by atoms with Crippen molar-refractivity contribution in [2.24, 2.45) is 5.92 Å². The van der Waals surface area contributed by atoms with E-state index in [9.17, 15) is 0 Å². The first-order valence-corrected chi connectivity index (χ1v) is 10.0. The molecule has 164 valence electrons. The van der Waals surface area contributed by atoms with Crippen molar-refractivity contribution >= 4 is 29.8 Å². The monoisotopic (exact) mass is 426 g/mol. The third kappa shape index (κ3) is 5.54. The van der Waals surface area contributed by atoms with Crippen molar-refractivity contribution in [2.45, 2.75) is 25.4 Å². The van der Waals surface area contributed by atoms with Gasteiger partial charge in [0.1, 0.15) is 12.1 Å². The molecule has 0 aliphatic carbocycles. The van der Waals surface area contributed by atoms with Crippen LogP contribution in [0.3, 0.4) is 0 Å². The maximum absolute atomic E-state index is 8.36. The fourth-order valence-corrected chi connectivity index (χ4v) is 4.39. The molecule has 3 fully saturated rings. The third-order valence-electron chi connectivity index (χ3n) is 5.54. The van der Waals surface area contributed by atoms with Gasteiger partial charge >= 0.3 is 0 Å². The van der Waals surface area contributed by atoms with E-state index in [1.807, 2.05) is 6.20 Å². The highest BCUT2D eigenvalue weighted by Crippen LogP contribution is 2.34. The fourth-order valence-electron chi connectivity index (χ4n) is 4.39. The lowest BCUT2D eigenvalue weighted by atomic mass is 9.95. The van der Waals surface area contributed by atoms with Gasteiger partial charge in [0.2, 0.25) is 0 Å². The van der Waals surface area contributed by atoms with Crippen LogP contribution in [0.5, 0.6) is 0 Å². The summed E-state index contributed by atoms with van der Waals surface area (Å²) in [4.78, 5) is 30.7. The topological polar surface area (TPSA) is 136 Å². The Bertz CT molecular complexity index is 961. The maximum Gasteiger partial charge on any atom is 0.290 e. The van der Waals surface area contributed by atoms with Crippen LogP contribution in [0.25, 0.3) is 11.0 Å². The molecular formula is C21H26N6O4. The zero-order valence-corrected chi connectivity index (χ0v) is 17.0. The number of nitrogens with zero attached hydrogens (tertiary/aromatic N) is 5. The lowest BCUT2D eigenvalue weighted by molar-refractivity contribution is -0.123. The van der Waals surface area contributed by atoms with Gasteiger partial charge in [0.25, 0.3) is 12.9 Å². The molecule has 3 N–H and O–H groups in total. The number of aromatic amines is 1. The Labute approximate surface area is 179 Å². The maximum atomic E-state index is 8.36. The van der Waals surface area contributed by atoms with Crippen molar-refractivity contribution in [3.05, 3.63) is 48.4 Å². The van der Waals surface area contributed by atoms with E-state index in [2.05, 4.69) is 60.3 Å². The summed E-state index contributed by atoms with van der Waals surface area (Å²) in [5.74, 6) is 1.73. The number of carboxylic acid groups (broad SMARTS) is 2. The number of fused-ring (bicyclic) bond motifs is 5. The van der Waals surface area contributed by atoms with E-state index in [0.717, 1.165) is 36.5 Å². The summed E-state index contributed by atoms with van der Waals surface area (Å²) in [6.07, 6.45) is 6.05. The molecule has 10 heteroatoms. The molecule has 6 rings (SSSR count). The fraction of sp³-hybridized carbons (Fsp3) is 0.381. The minimum Gasteiger partial charge on any atom is -0.483 e. The summed E-state index contributed by atoms with van der Waals surface area (Å²) in [5.41, 5.74) is 2.22. The second kappa shape index (κ2) is 11.0. The molecule has 1 aromatic carbocycles. The van der Waals surface area contributed by atoms with Crippen molar-refractivity contribution in [3.63, 3.8) is 0 Å². The number of carbonyl (C=O) groups is 2. The van der Waals surface area contributed by atoms with Crippen LogP contribution in [0.1, 0.15) is 18.4 Å². The molecule has 0 spiro atoms. The standard InChI is InChI=1S/C19H22N6.2CH2O2/c1-2-4-14(5-3-1)9-24-10-15-6-7-16(12-24)25(11-15)19-17-8-22-23-18(17)20-13-21-19;2*2-1-3/h1-5,8,13,15-16H,6-7,9-12H2,(H,20,21,22,23);2*1H,(H,2,3)/t15-,16+;;/m1../s1. The molecule has 3 aliphatic rings. The number of aromatic nitrogens is 4. The zero-order valence-electron chi connectivity index (χ0n) is 17.0. The molecule has 3 saturated heterocycles. The summed E-state index contributed by atoms with van der Waals surface area (Å²) in [6, 6.07) is 11.3. The van der Waals surface area contributed by atoms with Gasteiger partial charge in [-0.15, -0.1) is 0 Å². The van der Waals surface area contributed by atoms with E-state index in [4.69, 9.17) is 19.8 Å². The first kappa shape index (κ1) is 22.2. The Morgan fingerprint density at radius 3 is 2.52 bits per heavy atom. The van der Waals surface area contributed by atoms with E-state index in [1.54, 1.807) is 6.33 Å². The molecule has 0 amide bonds. The Kier molecular flexibility index (Phi) is 7.88. The first-order valence-electron chi connectivity index (χ1n) is 10.0. The number of rotatable bonds is 3. The SMILES string of the molecule is O=CO.O=CO.c1ccc(CN2C[C@H]3CC[C@@H](C2)N(c2ncnc4[nH]ncc24)C3)cc1. The van der Waals surface area contributed by atoms with Crippen LogP contribution in [0.15, 0.2) is 42.9 Å². The van der Waals surface area contributed by atoms with Gasteiger partial charge in [-0.25, -0.2) is 9.97 Å². The van der Waals surface area contributed by atoms with Crippen LogP contribution in [0.4, 0.5) is 5.82 Å².